The van der Waals surface area contributed by atoms with Crippen LogP contribution >= 0.6 is 0 Å². The number of piperazine rings is 1. The standard InChI is InChI=1S/C22H28N2O5S/c1-4-28-19-8-10-20(11-9-19)30(26,27)24-14-12-23(13-15-24)22(25)16-29-21-7-5-6-17(2)18(21)3/h5-11H,4,12-16H2,1-3H3. The average Bonchev–Trinajstić information content (AvgIpc) is 2.75. The van der Waals surface area contributed by atoms with Crippen molar-refractivity contribution in [3.63, 3.8) is 0 Å². The zero-order valence-electron chi connectivity index (χ0n) is 17.6. The molecule has 1 aliphatic rings. The summed E-state index contributed by atoms with van der Waals surface area (Å²) < 4.78 is 38.2. The zero-order valence-corrected chi connectivity index (χ0v) is 18.4. The van der Waals surface area contributed by atoms with Gasteiger partial charge in [-0.3, -0.25) is 4.79 Å². The second-order valence-electron chi connectivity index (χ2n) is 7.18. The van der Waals surface area contributed by atoms with Crippen molar-refractivity contribution >= 4 is 15.9 Å². The number of carbonyl (C=O) groups is 1. The third kappa shape index (κ3) is 4.94. The van der Waals surface area contributed by atoms with E-state index >= 15 is 0 Å². The average molecular weight is 433 g/mol. The van der Waals surface area contributed by atoms with Gasteiger partial charge < -0.3 is 14.4 Å². The Hall–Kier alpha value is -2.58. The molecule has 1 amide bonds. The first-order valence-electron chi connectivity index (χ1n) is 10.0. The molecule has 162 valence electrons. The number of ether oxygens (including phenoxy) is 2. The van der Waals surface area contributed by atoms with Gasteiger partial charge in [0.15, 0.2) is 6.61 Å². The lowest BCUT2D eigenvalue weighted by molar-refractivity contribution is -0.134. The quantitative estimate of drug-likeness (QED) is 0.672. The Morgan fingerprint density at radius 3 is 2.27 bits per heavy atom. The van der Waals surface area contributed by atoms with Crippen molar-refractivity contribution < 1.29 is 22.7 Å². The molecule has 0 aliphatic carbocycles. The van der Waals surface area contributed by atoms with Crippen molar-refractivity contribution in [1.82, 2.24) is 9.21 Å². The monoisotopic (exact) mass is 432 g/mol. The van der Waals surface area contributed by atoms with Gasteiger partial charge in [-0.1, -0.05) is 12.1 Å². The van der Waals surface area contributed by atoms with Gasteiger partial charge in [0, 0.05) is 26.2 Å². The van der Waals surface area contributed by atoms with Gasteiger partial charge in [0.2, 0.25) is 10.0 Å². The Morgan fingerprint density at radius 2 is 1.63 bits per heavy atom. The summed E-state index contributed by atoms with van der Waals surface area (Å²) in [5, 5.41) is 0. The van der Waals surface area contributed by atoms with E-state index in [0.29, 0.717) is 31.2 Å². The lowest BCUT2D eigenvalue weighted by Gasteiger charge is -2.34. The summed E-state index contributed by atoms with van der Waals surface area (Å²) in [6.07, 6.45) is 0. The Morgan fingerprint density at radius 1 is 0.967 bits per heavy atom. The number of benzene rings is 2. The Bertz CT molecular complexity index is 981. The topological polar surface area (TPSA) is 76.2 Å². The van der Waals surface area contributed by atoms with Crippen molar-refractivity contribution in [3.8, 4) is 11.5 Å². The molecule has 3 rings (SSSR count). The van der Waals surface area contributed by atoms with Gasteiger partial charge in [-0.15, -0.1) is 0 Å². The van der Waals surface area contributed by atoms with Crippen LogP contribution in [-0.4, -0.2) is 62.9 Å². The first-order chi connectivity index (χ1) is 14.3. The maximum atomic E-state index is 12.9. The van der Waals surface area contributed by atoms with Crippen molar-refractivity contribution in [1.29, 1.82) is 0 Å². The fourth-order valence-electron chi connectivity index (χ4n) is 3.31. The zero-order chi connectivity index (χ0) is 21.7. The largest absolute Gasteiger partial charge is 0.494 e. The fraction of sp³-hybridized carbons (Fsp3) is 0.409. The van der Waals surface area contributed by atoms with Crippen molar-refractivity contribution in [2.75, 3.05) is 39.4 Å². The fourth-order valence-corrected chi connectivity index (χ4v) is 4.73. The lowest BCUT2D eigenvalue weighted by Crippen LogP contribution is -2.51. The van der Waals surface area contributed by atoms with Crippen LogP contribution < -0.4 is 9.47 Å². The number of carbonyl (C=O) groups excluding carboxylic acids is 1. The number of nitrogens with zero attached hydrogens (tertiary/aromatic N) is 2. The van der Waals surface area contributed by atoms with Crippen LogP contribution in [0.2, 0.25) is 0 Å². The number of aryl methyl sites for hydroxylation is 1. The molecule has 8 heteroatoms. The van der Waals surface area contributed by atoms with Crippen molar-refractivity contribution in [2.45, 2.75) is 25.7 Å². The third-order valence-electron chi connectivity index (χ3n) is 5.27. The van der Waals surface area contributed by atoms with Gasteiger partial charge >= 0.3 is 0 Å². The number of sulfonamides is 1. The molecule has 1 saturated heterocycles. The molecule has 30 heavy (non-hydrogen) atoms. The van der Waals surface area contributed by atoms with Crippen LogP contribution in [0.15, 0.2) is 47.4 Å². The first kappa shape index (κ1) is 22.1. The van der Waals surface area contributed by atoms with Crippen LogP contribution in [0.4, 0.5) is 0 Å². The van der Waals surface area contributed by atoms with Gasteiger partial charge in [-0.05, 0) is 62.2 Å². The van der Waals surface area contributed by atoms with Crippen LogP contribution in [0.25, 0.3) is 0 Å². The smallest absolute Gasteiger partial charge is 0.260 e. The van der Waals surface area contributed by atoms with Gasteiger partial charge in [0.05, 0.1) is 11.5 Å². The van der Waals surface area contributed by atoms with E-state index in [1.54, 1.807) is 29.2 Å². The van der Waals surface area contributed by atoms with Crippen LogP contribution in [0, 0.1) is 13.8 Å². The minimum Gasteiger partial charge on any atom is -0.494 e. The molecular weight excluding hydrogens is 404 g/mol. The van der Waals surface area contributed by atoms with Gasteiger partial charge in [0.1, 0.15) is 11.5 Å². The summed E-state index contributed by atoms with van der Waals surface area (Å²) in [7, 11) is -3.60. The van der Waals surface area contributed by atoms with E-state index in [1.165, 1.54) is 4.31 Å². The normalized spacial score (nSPS) is 15.1. The SMILES string of the molecule is CCOc1ccc(S(=O)(=O)N2CCN(C(=O)COc3cccc(C)c3C)CC2)cc1. The van der Waals surface area contributed by atoms with E-state index < -0.39 is 10.0 Å². The van der Waals surface area contributed by atoms with Gasteiger partial charge in [-0.25, -0.2) is 8.42 Å². The molecular formula is C22H28N2O5S. The van der Waals surface area contributed by atoms with Crippen LogP contribution in [0.3, 0.4) is 0 Å². The highest BCUT2D eigenvalue weighted by atomic mass is 32.2. The molecule has 1 aliphatic heterocycles. The summed E-state index contributed by atoms with van der Waals surface area (Å²) in [4.78, 5) is 14.4. The highest BCUT2D eigenvalue weighted by Gasteiger charge is 2.30. The number of rotatable bonds is 7. The molecule has 7 nitrogen and oxygen atoms in total. The molecule has 0 aromatic heterocycles. The van der Waals surface area contributed by atoms with E-state index in [0.717, 1.165) is 11.1 Å². The highest BCUT2D eigenvalue weighted by molar-refractivity contribution is 7.89. The van der Waals surface area contributed by atoms with Crippen LogP contribution in [0.1, 0.15) is 18.1 Å². The second-order valence-corrected chi connectivity index (χ2v) is 9.11. The Kier molecular flexibility index (Phi) is 6.99. The molecule has 0 saturated carbocycles. The van der Waals surface area contributed by atoms with Gasteiger partial charge in [-0.2, -0.15) is 4.31 Å². The summed E-state index contributed by atoms with van der Waals surface area (Å²) in [6, 6.07) is 12.1. The summed E-state index contributed by atoms with van der Waals surface area (Å²) in [6.45, 7) is 7.48. The predicted molar refractivity (Wildman–Crippen MR) is 114 cm³/mol. The molecule has 2 aromatic carbocycles. The van der Waals surface area contributed by atoms with E-state index in [4.69, 9.17) is 9.47 Å². The number of hydrogen-bond donors (Lipinski definition) is 0. The molecule has 0 bridgehead atoms. The van der Waals surface area contributed by atoms with E-state index in [2.05, 4.69) is 0 Å². The van der Waals surface area contributed by atoms with Crippen molar-refractivity contribution in [2.24, 2.45) is 0 Å². The number of amides is 1. The summed E-state index contributed by atoms with van der Waals surface area (Å²) >= 11 is 0. The summed E-state index contributed by atoms with van der Waals surface area (Å²) in [5.41, 5.74) is 2.12. The molecule has 0 atom stereocenters. The molecule has 1 heterocycles. The minimum absolute atomic E-state index is 0.0596. The second kappa shape index (κ2) is 9.49. The molecule has 1 fully saturated rings. The van der Waals surface area contributed by atoms with Crippen LogP contribution in [0.5, 0.6) is 11.5 Å². The minimum atomic E-state index is -3.60. The first-order valence-corrected chi connectivity index (χ1v) is 11.5. The lowest BCUT2D eigenvalue weighted by atomic mass is 10.1. The summed E-state index contributed by atoms with van der Waals surface area (Å²) in [5.74, 6) is 1.18. The van der Waals surface area contributed by atoms with Crippen LogP contribution in [-0.2, 0) is 14.8 Å². The van der Waals surface area contributed by atoms with Crippen molar-refractivity contribution in [3.05, 3.63) is 53.6 Å². The predicted octanol–water partition coefficient (Wildman–Crippen LogP) is 2.61. The molecule has 0 radical (unpaired) electrons. The molecule has 2 aromatic rings. The Balaban J connectivity index is 1.55. The third-order valence-corrected chi connectivity index (χ3v) is 7.18. The van der Waals surface area contributed by atoms with E-state index in [1.807, 2.05) is 39.0 Å². The maximum absolute atomic E-state index is 12.9. The number of hydrogen-bond acceptors (Lipinski definition) is 5. The molecule has 0 spiro atoms. The molecule has 0 unspecified atom stereocenters. The van der Waals surface area contributed by atoms with Gasteiger partial charge in [0.25, 0.3) is 5.91 Å². The van der Waals surface area contributed by atoms with E-state index in [-0.39, 0.29) is 30.5 Å². The molecule has 0 N–H and O–H groups in total. The van der Waals surface area contributed by atoms with E-state index in [9.17, 15) is 13.2 Å². The Labute approximate surface area is 178 Å². The highest BCUT2D eigenvalue weighted by Crippen LogP contribution is 2.22. The maximum Gasteiger partial charge on any atom is 0.260 e.